The van der Waals surface area contributed by atoms with E-state index in [2.05, 4.69) is 39.8 Å². The molecule has 1 aromatic heterocycles. The quantitative estimate of drug-likeness (QED) is 0.278. The smallest absolute Gasteiger partial charge is 0.226 e. The first-order valence-corrected chi connectivity index (χ1v) is 11.0. The number of anilines is 1. The van der Waals surface area contributed by atoms with Crippen molar-refractivity contribution in [3.63, 3.8) is 0 Å². The Morgan fingerprint density at radius 1 is 0.964 bits per heavy atom. The number of hydrogen-bond donors (Lipinski definition) is 1. The number of benzene rings is 2. The Kier molecular flexibility index (Phi) is 8.49. The maximum Gasteiger partial charge on any atom is 0.226 e. The normalized spacial score (nSPS) is 10.7. The Morgan fingerprint density at radius 3 is 2.43 bits per heavy atom. The first-order chi connectivity index (χ1) is 13.8. The van der Waals surface area contributed by atoms with Crippen LogP contribution in [0.5, 0.6) is 0 Å². The molecule has 7 heteroatoms. The third-order valence-electron chi connectivity index (χ3n) is 3.93. The Balaban J connectivity index is 1.28. The van der Waals surface area contributed by atoms with E-state index in [9.17, 15) is 4.79 Å². The molecule has 3 aromatic rings. The van der Waals surface area contributed by atoms with Crippen molar-refractivity contribution < 1.29 is 9.53 Å². The maximum absolute atomic E-state index is 12.0. The number of nitrogens with zero attached hydrogens (tertiary/aromatic N) is 2. The molecule has 5 nitrogen and oxygen atoms in total. The lowest BCUT2D eigenvalue weighted by Gasteiger charge is -2.04. The van der Waals surface area contributed by atoms with Gasteiger partial charge >= 0.3 is 0 Å². The van der Waals surface area contributed by atoms with E-state index in [1.165, 1.54) is 22.5 Å². The Labute approximate surface area is 173 Å². The molecule has 0 saturated heterocycles. The van der Waals surface area contributed by atoms with Crippen LogP contribution >= 0.6 is 23.1 Å². The Bertz CT molecular complexity index is 841. The third-order valence-corrected chi connectivity index (χ3v) is 5.97. The van der Waals surface area contributed by atoms with E-state index in [-0.39, 0.29) is 5.91 Å². The predicted octanol–water partition coefficient (Wildman–Crippen LogP) is 4.81. The minimum atomic E-state index is -0.0533. The second-order valence-electron chi connectivity index (χ2n) is 6.15. The average Bonchev–Trinajstić information content (AvgIpc) is 3.18. The maximum atomic E-state index is 12.0. The fourth-order valence-electron chi connectivity index (χ4n) is 2.49. The van der Waals surface area contributed by atoms with E-state index in [0.717, 1.165) is 16.5 Å². The predicted molar refractivity (Wildman–Crippen MR) is 115 cm³/mol. The molecule has 146 valence electrons. The number of ether oxygens (including phenoxy) is 1. The molecular weight excluding hydrogens is 390 g/mol. The number of aromatic nitrogens is 2. The number of carbonyl (C=O) groups is 1. The van der Waals surface area contributed by atoms with Gasteiger partial charge in [-0.3, -0.25) is 4.79 Å². The van der Waals surface area contributed by atoms with E-state index >= 15 is 0 Å². The summed E-state index contributed by atoms with van der Waals surface area (Å²) in [5, 5.41) is 11.5. The summed E-state index contributed by atoms with van der Waals surface area (Å²) >= 11 is 3.02. The van der Waals surface area contributed by atoms with E-state index < -0.39 is 0 Å². The van der Waals surface area contributed by atoms with Gasteiger partial charge in [-0.1, -0.05) is 83.8 Å². The Morgan fingerprint density at radius 2 is 1.68 bits per heavy atom. The van der Waals surface area contributed by atoms with Gasteiger partial charge in [-0.05, 0) is 24.0 Å². The zero-order valence-corrected chi connectivity index (χ0v) is 17.2. The molecule has 3 rings (SSSR count). The van der Waals surface area contributed by atoms with Crippen molar-refractivity contribution >= 4 is 34.1 Å². The summed E-state index contributed by atoms with van der Waals surface area (Å²) in [5.74, 6) is 0.784. The van der Waals surface area contributed by atoms with E-state index in [0.29, 0.717) is 31.2 Å². The van der Waals surface area contributed by atoms with Crippen LogP contribution in [0.1, 0.15) is 24.0 Å². The topological polar surface area (TPSA) is 64.1 Å². The molecule has 2 aromatic carbocycles. The summed E-state index contributed by atoms with van der Waals surface area (Å²) in [5.41, 5.74) is 2.50. The van der Waals surface area contributed by atoms with Crippen molar-refractivity contribution in [1.82, 2.24) is 10.2 Å². The van der Waals surface area contributed by atoms with Crippen LogP contribution in [0.25, 0.3) is 0 Å². The highest BCUT2D eigenvalue weighted by molar-refractivity contribution is 8.00. The van der Waals surface area contributed by atoms with Crippen LogP contribution in [0.2, 0.25) is 0 Å². The van der Waals surface area contributed by atoms with Crippen LogP contribution < -0.4 is 5.32 Å². The molecule has 0 bridgehead atoms. The molecule has 0 atom stereocenters. The standard InChI is InChI=1S/C21H23N3O2S2/c25-19(12-7-14-26-15-13-17-8-3-1-4-9-17)22-20-23-24-21(28-20)27-16-18-10-5-2-6-11-18/h1-6,8-11H,7,12-16H2,(H,22,23,25). The molecule has 1 amide bonds. The van der Waals surface area contributed by atoms with Crippen LogP contribution in [-0.2, 0) is 21.7 Å². The number of amides is 1. The summed E-state index contributed by atoms with van der Waals surface area (Å²) in [7, 11) is 0. The molecule has 0 aliphatic rings. The van der Waals surface area contributed by atoms with Crippen molar-refractivity contribution in [2.75, 3.05) is 18.5 Å². The van der Waals surface area contributed by atoms with Crippen molar-refractivity contribution in [2.45, 2.75) is 29.4 Å². The fourth-order valence-corrected chi connectivity index (χ4v) is 4.22. The lowest BCUT2D eigenvalue weighted by molar-refractivity contribution is -0.116. The van der Waals surface area contributed by atoms with Gasteiger partial charge in [0.25, 0.3) is 0 Å². The second kappa shape index (κ2) is 11.6. The third kappa shape index (κ3) is 7.42. The minimum absolute atomic E-state index is 0.0533. The lowest BCUT2D eigenvalue weighted by Crippen LogP contribution is -2.12. The monoisotopic (exact) mass is 413 g/mol. The largest absolute Gasteiger partial charge is 0.381 e. The van der Waals surface area contributed by atoms with Gasteiger partial charge in [0, 0.05) is 18.8 Å². The fraction of sp³-hybridized carbons (Fsp3) is 0.286. The molecule has 0 spiro atoms. The highest BCUT2D eigenvalue weighted by Gasteiger charge is 2.09. The van der Waals surface area contributed by atoms with Crippen LogP contribution in [0.4, 0.5) is 5.13 Å². The van der Waals surface area contributed by atoms with E-state index in [1.54, 1.807) is 11.8 Å². The SMILES string of the molecule is O=C(CCCOCCc1ccccc1)Nc1nnc(SCc2ccccc2)s1. The number of carbonyl (C=O) groups excluding carboxylic acids is 1. The molecule has 28 heavy (non-hydrogen) atoms. The number of hydrogen-bond acceptors (Lipinski definition) is 6. The molecular formula is C21H23N3O2S2. The van der Waals surface area contributed by atoms with Crippen molar-refractivity contribution in [2.24, 2.45) is 0 Å². The molecule has 0 saturated carbocycles. The van der Waals surface area contributed by atoms with Crippen LogP contribution in [0.15, 0.2) is 65.0 Å². The van der Waals surface area contributed by atoms with Crippen molar-refractivity contribution in [3.8, 4) is 0 Å². The summed E-state index contributed by atoms with van der Waals surface area (Å²) in [4.78, 5) is 12.0. The zero-order chi connectivity index (χ0) is 19.4. The van der Waals surface area contributed by atoms with Crippen molar-refractivity contribution in [1.29, 1.82) is 0 Å². The van der Waals surface area contributed by atoms with Gasteiger partial charge in [-0.25, -0.2) is 0 Å². The van der Waals surface area contributed by atoms with Gasteiger partial charge in [-0.15, -0.1) is 10.2 Å². The molecule has 0 fully saturated rings. The summed E-state index contributed by atoms with van der Waals surface area (Å²) < 4.78 is 6.46. The van der Waals surface area contributed by atoms with Crippen LogP contribution in [0.3, 0.4) is 0 Å². The summed E-state index contributed by atoms with van der Waals surface area (Å²) in [6, 6.07) is 20.4. The second-order valence-corrected chi connectivity index (χ2v) is 8.35. The Hall–Kier alpha value is -2.22. The van der Waals surface area contributed by atoms with Gasteiger partial charge in [0.1, 0.15) is 0 Å². The highest BCUT2D eigenvalue weighted by atomic mass is 32.2. The van der Waals surface area contributed by atoms with Crippen LogP contribution in [-0.4, -0.2) is 29.3 Å². The van der Waals surface area contributed by atoms with Gasteiger partial charge < -0.3 is 10.1 Å². The molecule has 0 aliphatic heterocycles. The molecule has 0 aliphatic carbocycles. The van der Waals surface area contributed by atoms with E-state index in [1.807, 2.05) is 36.4 Å². The molecule has 0 radical (unpaired) electrons. The first-order valence-electron chi connectivity index (χ1n) is 9.21. The van der Waals surface area contributed by atoms with Gasteiger partial charge in [0.15, 0.2) is 4.34 Å². The summed E-state index contributed by atoms with van der Waals surface area (Å²) in [6.07, 6.45) is 1.99. The van der Waals surface area contributed by atoms with Crippen molar-refractivity contribution in [3.05, 3.63) is 71.8 Å². The lowest BCUT2D eigenvalue weighted by atomic mass is 10.2. The van der Waals surface area contributed by atoms with Gasteiger partial charge in [0.05, 0.1) is 6.61 Å². The average molecular weight is 414 g/mol. The zero-order valence-electron chi connectivity index (χ0n) is 15.5. The minimum Gasteiger partial charge on any atom is -0.381 e. The van der Waals surface area contributed by atoms with Gasteiger partial charge in [-0.2, -0.15) is 0 Å². The molecule has 1 N–H and O–H groups in total. The first kappa shape index (κ1) is 20.5. The van der Waals surface area contributed by atoms with Crippen LogP contribution in [0, 0.1) is 0 Å². The molecule has 1 heterocycles. The van der Waals surface area contributed by atoms with Gasteiger partial charge in [0.2, 0.25) is 11.0 Å². The van der Waals surface area contributed by atoms with E-state index in [4.69, 9.17) is 4.74 Å². The summed E-state index contributed by atoms with van der Waals surface area (Å²) in [6.45, 7) is 1.25. The number of rotatable bonds is 11. The number of nitrogens with one attached hydrogen (secondary N) is 1. The molecule has 0 unspecified atom stereocenters. The number of thioether (sulfide) groups is 1. The highest BCUT2D eigenvalue weighted by Crippen LogP contribution is 2.28.